The van der Waals surface area contributed by atoms with E-state index in [1.165, 1.54) is 18.5 Å². The molecule has 4 rings (SSSR count). The molecule has 0 saturated carbocycles. The zero-order valence-electron chi connectivity index (χ0n) is 13.7. The summed E-state index contributed by atoms with van der Waals surface area (Å²) >= 11 is 5.83. The molecule has 10 heteroatoms. The highest BCUT2D eigenvalue weighted by Gasteiger charge is 2.29. The molecule has 0 aliphatic carbocycles. The maximum absolute atomic E-state index is 13.7. The lowest BCUT2D eigenvalue weighted by Gasteiger charge is -2.33. The van der Waals surface area contributed by atoms with E-state index in [2.05, 4.69) is 19.9 Å². The first-order chi connectivity index (χ1) is 12.5. The van der Waals surface area contributed by atoms with Gasteiger partial charge in [0.25, 0.3) is 0 Å². The Hall–Kier alpha value is -2.39. The Morgan fingerprint density at radius 3 is 2.73 bits per heavy atom. The van der Waals surface area contributed by atoms with Crippen molar-refractivity contribution in [2.24, 2.45) is 5.73 Å². The predicted octanol–water partition coefficient (Wildman–Crippen LogP) is 1.94. The SMILES string of the molecule is NC1CN(c2nc3cc(F)cnc3n2Cc2ncc(Cl)cn2)CCC1F. The van der Waals surface area contributed by atoms with Gasteiger partial charge in [0.1, 0.15) is 23.3 Å². The summed E-state index contributed by atoms with van der Waals surface area (Å²) in [7, 11) is 0. The number of fused-ring (bicyclic) bond motifs is 1. The van der Waals surface area contributed by atoms with Crippen LogP contribution in [0.1, 0.15) is 12.2 Å². The smallest absolute Gasteiger partial charge is 0.208 e. The summed E-state index contributed by atoms with van der Waals surface area (Å²) in [5.74, 6) is 0.570. The lowest BCUT2D eigenvalue weighted by atomic mass is 10.1. The summed E-state index contributed by atoms with van der Waals surface area (Å²) in [4.78, 5) is 18.9. The zero-order valence-corrected chi connectivity index (χ0v) is 14.4. The van der Waals surface area contributed by atoms with Crippen LogP contribution in [0.5, 0.6) is 0 Å². The number of hydrogen-bond donors (Lipinski definition) is 1. The number of alkyl halides is 1. The van der Waals surface area contributed by atoms with E-state index in [1.807, 2.05) is 4.90 Å². The van der Waals surface area contributed by atoms with Crippen LogP contribution in [-0.2, 0) is 6.54 Å². The maximum Gasteiger partial charge on any atom is 0.208 e. The van der Waals surface area contributed by atoms with Crippen LogP contribution in [0.3, 0.4) is 0 Å². The average Bonchev–Trinajstić information content (AvgIpc) is 2.97. The number of aromatic nitrogens is 5. The number of nitrogens with zero attached hydrogens (tertiary/aromatic N) is 6. The van der Waals surface area contributed by atoms with Crippen molar-refractivity contribution in [3.8, 4) is 0 Å². The van der Waals surface area contributed by atoms with E-state index < -0.39 is 18.0 Å². The molecule has 1 saturated heterocycles. The van der Waals surface area contributed by atoms with Gasteiger partial charge in [0, 0.05) is 31.5 Å². The van der Waals surface area contributed by atoms with Gasteiger partial charge in [-0.1, -0.05) is 11.6 Å². The highest BCUT2D eigenvalue weighted by molar-refractivity contribution is 6.30. The molecule has 0 aromatic carbocycles. The van der Waals surface area contributed by atoms with Gasteiger partial charge in [0.15, 0.2) is 5.65 Å². The van der Waals surface area contributed by atoms with E-state index in [0.717, 1.165) is 6.20 Å². The quantitative estimate of drug-likeness (QED) is 0.748. The summed E-state index contributed by atoms with van der Waals surface area (Å²) < 4.78 is 29.1. The third-order valence-electron chi connectivity index (χ3n) is 4.36. The molecule has 136 valence electrons. The Labute approximate surface area is 152 Å². The number of nitrogens with two attached hydrogens (primary N) is 1. The second kappa shape index (κ2) is 6.73. The number of imidazole rings is 1. The minimum Gasteiger partial charge on any atom is -0.340 e. The van der Waals surface area contributed by atoms with Crippen molar-refractivity contribution < 1.29 is 8.78 Å². The van der Waals surface area contributed by atoms with Crippen LogP contribution in [0.25, 0.3) is 11.2 Å². The van der Waals surface area contributed by atoms with Gasteiger partial charge < -0.3 is 10.6 Å². The van der Waals surface area contributed by atoms with Crippen LogP contribution in [0.2, 0.25) is 5.02 Å². The van der Waals surface area contributed by atoms with Crippen LogP contribution < -0.4 is 10.6 Å². The van der Waals surface area contributed by atoms with Gasteiger partial charge in [-0.2, -0.15) is 0 Å². The van der Waals surface area contributed by atoms with Gasteiger partial charge in [-0.25, -0.2) is 28.7 Å². The summed E-state index contributed by atoms with van der Waals surface area (Å²) in [6, 6.07) is 0.709. The minimum absolute atomic E-state index is 0.270. The lowest BCUT2D eigenvalue weighted by molar-refractivity contribution is 0.243. The van der Waals surface area contributed by atoms with Gasteiger partial charge in [0.05, 0.1) is 23.8 Å². The molecule has 2 atom stereocenters. The van der Waals surface area contributed by atoms with Crippen molar-refractivity contribution in [2.75, 3.05) is 18.0 Å². The van der Waals surface area contributed by atoms with Crippen LogP contribution >= 0.6 is 11.6 Å². The number of pyridine rings is 1. The van der Waals surface area contributed by atoms with Crippen LogP contribution in [0.4, 0.5) is 14.7 Å². The fourth-order valence-electron chi connectivity index (χ4n) is 3.06. The molecule has 3 aromatic heterocycles. The molecule has 1 aliphatic heterocycles. The summed E-state index contributed by atoms with van der Waals surface area (Å²) in [5.41, 5.74) is 6.78. The summed E-state index contributed by atoms with van der Waals surface area (Å²) in [6.45, 7) is 1.04. The number of halogens is 3. The van der Waals surface area contributed by atoms with Crippen LogP contribution in [0.15, 0.2) is 24.7 Å². The molecule has 7 nitrogen and oxygen atoms in total. The van der Waals surface area contributed by atoms with E-state index >= 15 is 0 Å². The van der Waals surface area contributed by atoms with Crippen molar-refractivity contribution in [3.05, 3.63) is 41.3 Å². The number of piperidine rings is 1. The van der Waals surface area contributed by atoms with Crippen molar-refractivity contribution in [3.63, 3.8) is 0 Å². The molecule has 1 aliphatic rings. The maximum atomic E-state index is 13.7. The second-order valence-electron chi connectivity index (χ2n) is 6.23. The van der Waals surface area contributed by atoms with Gasteiger partial charge in [-0.3, -0.25) is 4.57 Å². The Bertz CT molecular complexity index is 930. The van der Waals surface area contributed by atoms with Gasteiger partial charge in [-0.15, -0.1) is 0 Å². The largest absolute Gasteiger partial charge is 0.340 e. The third-order valence-corrected chi connectivity index (χ3v) is 4.55. The molecule has 2 N–H and O–H groups in total. The van der Waals surface area contributed by atoms with Crippen LogP contribution in [-0.4, -0.2) is 49.8 Å². The zero-order chi connectivity index (χ0) is 18.3. The molecule has 1 fully saturated rings. The fourth-order valence-corrected chi connectivity index (χ4v) is 3.16. The molecule has 0 radical (unpaired) electrons. The summed E-state index contributed by atoms with van der Waals surface area (Å²) in [5, 5.41) is 0.431. The number of hydrogen-bond acceptors (Lipinski definition) is 6. The van der Waals surface area contributed by atoms with E-state index in [1.54, 1.807) is 4.57 Å². The van der Waals surface area contributed by atoms with E-state index in [0.29, 0.717) is 47.5 Å². The molecule has 26 heavy (non-hydrogen) atoms. The average molecular weight is 380 g/mol. The first-order valence-corrected chi connectivity index (χ1v) is 8.52. The van der Waals surface area contributed by atoms with Crippen molar-refractivity contribution >= 4 is 28.7 Å². The Morgan fingerprint density at radius 1 is 1.23 bits per heavy atom. The first kappa shape index (κ1) is 17.0. The first-order valence-electron chi connectivity index (χ1n) is 8.14. The predicted molar refractivity (Wildman–Crippen MR) is 93.3 cm³/mol. The Morgan fingerprint density at radius 2 is 2.00 bits per heavy atom. The Balaban J connectivity index is 1.76. The second-order valence-corrected chi connectivity index (χ2v) is 6.66. The fraction of sp³-hybridized carbons (Fsp3) is 0.375. The lowest BCUT2D eigenvalue weighted by Crippen LogP contribution is -2.50. The standard InChI is InChI=1S/C16H16ClF2N7/c17-9-4-21-14(22-5-9)8-26-15-13(3-10(18)6-23-15)24-16(26)25-2-1-11(19)12(20)7-25/h3-6,11-12H,1-2,7-8,20H2. The molecule has 0 amide bonds. The van der Waals surface area contributed by atoms with E-state index in [4.69, 9.17) is 17.3 Å². The van der Waals surface area contributed by atoms with Gasteiger partial charge in [0.2, 0.25) is 5.95 Å². The summed E-state index contributed by atoms with van der Waals surface area (Å²) in [6.07, 6.45) is 3.40. The topological polar surface area (TPSA) is 85.8 Å². The highest BCUT2D eigenvalue weighted by Crippen LogP contribution is 2.26. The number of rotatable bonds is 3. The molecule has 4 heterocycles. The normalized spacial score (nSPS) is 20.7. The third kappa shape index (κ3) is 3.19. The van der Waals surface area contributed by atoms with E-state index in [-0.39, 0.29) is 6.54 Å². The minimum atomic E-state index is -1.04. The molecule has 0 spiro atoms. The highest BCUT2D eigenvalue weighted by atomic mass is 35.5. The molecular weight excluding hydrogens is 364 g/mol. The van der Waals surface area contributed by atoms with Gasteiger partial charge >= 0.3 is 0 Å². The number of anilines is 1. The molecule has 3 aromatic rings. The van der Waals surface area contributed by atoms with Crippen LogP contribution in [0, 0.1) is 5.82 Å². The van der Waals surface area contributed by atoms with Crippen molar-refractivity contribution in [2.45, 2.75) is 25.2 Å². The monoisotopic (exact) mass is 379 g/mol. The van der Waals surface area contributed by atoms with Crippen molar-refractivity contribution in [1.82, 2.24) is 24.5 Å². The molecular formula is C16H16ClF2N7. The van der Waals surface area contributed by atoms with Gasteiger partial charge in [-0.05, 0) is 6.42 Å². The molecule has 0 bridgehead atoms. The van der Waals surface area contributed by atoms with E-state index in [9.17, 15) is 8.78 Å². The Kier molecular flexibility index (Phi) is 4.41. The van der Waals surface area contributed by atoms with Crippen molar-refractivity contribution in [1.29, 1.82) is 0 Å². The molecule has 2 unspecified atom stereocenters.